The SMILES string of the molecule is Cc1ccc(CNS(=O)O)c(C)c1. The summed E-state index contributed by atoms with van der Waals surface area (Å²) in [5.74, 6) is 0. The Labute approximate surface area is 80.6 Å². The van der Waals surface area contributed by atoms with Crippen molar-refractivity contribution in [2.45, 2.75) is 20.4 Å². The molecule has 72 valence electrons. The summed E-state index contributed by atoms with van der Waals surface area (Å²) in [6.45, 7) is 4.44. The van der Waals surface area contributed by atoms with Gasteiger partial charge in [0.2, 0.25) is 11.3 Å². The van der Waals surface area contributed by atoms with Crippen LogP contribution < -0.4 is 4.72 Å². The summed E-state index contributed by atoms with van der Waals surface area (Å²) in [4.78, 5) is 0. The van der Waals surface area contributed by atoms with E-state index >= 15 is 0 Å². The monoisotopic (exact) mass is 199 g/mol. The minimum Gasteiger partial charge on any atom is -0.294 e. The van der Waals surface area contributed by atoms with E-state index < -0.39 is 11.3 Å². The first-order valence-corrected chi connectivity index (χ1v) is 5.11. The van der Waals surface area contributed by atoms with Crippen molar-refractivity contribution in [3.8, 4) is 0 Å². The van der Waals surface area contributed by atoms with Gasteiger partial charge in [-0.25, -0.2) is 8.93 Å². The third-order valence-electron chi connectivity index (χ3n) is 1.88. The van der Waals surface area contributed by atoms with Gasteiger partial charge in [-0.05, 0) is 25.0 Å². The van der Waals surface area contributed by atoms with E-state index in [-0.39, 0.29) is 0 Å². The highest BCUT2D eigenvalue weighted by Gasteiger charge is 1.99. The van der Waals surface area contributed by atoms with Gasteiger partial charge in [0.25, 0.3) is 0 Å². The third-order valence-corrected chi connectivity index (χ3v) is 2.28. The smallest absolute Gasteiger partial charge is 0.232 e. The molecule has 0 heterocycles. The van der Waals surface area contributed by atoms with Crippen LogP contribution in [0.25, 0.3) is 0 Å². The zero-order valence-electron chi connectivity index (χ0n) is 7.70. The van der Waals surface area contributed by atoms with Crippen LogP contribution in [-0.2, 0) is 17.8 Å². The Balaban J connectivity index is 2.72. The van der Waals surface area contributed by atoms with Crippen LogP contribution in [-0.4, -0.2) is 8.76 Å². The average Bonchev–Trinajstić information content (AvgIpc) is 2.02. The van der Waals surface area contributed by atoms with Gasteiger partial charge in [0.05, 0.1) is 0 Å². The lowest BCUT2D eigenvalue weighted by atomic mass is 10.1. The average molecular weight is 199 g/mol. The highest BCUT2D eigenvalue weighted by molar-refractivity contribution is 7.77. The molecule has 3 nitrogen and oxygen atoms in total. The van der Waals surface area contributed by atoms with Crippen LogP contribution >= 0.6 is 0 Å². The van der Waals surface area contributed by atoms with Crippen molar-refractivity contribution in [1.29, 1.82) is 0 Å². The van der Waals surface area contributed by atoms with Crippen molar-refractivity contribution in [3.63, 3.8) is 0 Å². The highest BCUT2D eigenvalue weighted by atomic mass is 32.2. The van der Waals surface area contributed by atoms with E-state index in [9.17, 15) is 4.21 Å². The lowest BCUT2D eigenvalue weighted by molar-refractivity contribution is 0.548. The van der Waals surface area contributed by atoms with Gasteiger partial charge in [-0.3, -0.25) is 4.55 Å². The van der Waals surface area contributed by atoms with Crippen LogP contribution in [0.5, 0.6) is 0 Å². The summed E-state index contributed by atoms with van der Waals surface area (Å²) in [7, 11) is 0. The predicted molar refractivity (Wildman–Crippen MR) is 53.5 cm³/mol. The quantitative estimate of drug-likeness (QED) is 0.725. The fourth-order valence-electron chi connectivity index (χ4n) is 1.18. The Morgan fingerprint density at radius 1 is 1.46 bits per heavy atom. The molecule has 1 rings (SSSR count). The number of hydrogen-bond donors (Lipinski definition) is 2. The molecule has 0 bridgehead atoms. The maximum Gasteiger partial charge on any atom is 0.232 e. The second-order valence-electron chi connectivity index (χ2n) is 3.00. The largest absolute Gasteiger partial charge is 0.294 e. The highest BCUT2D eigenvalue weighted by Crippen LogP contribution is 2.09. The van der Waals surface area contributed by atoms with E-state index in [0.717, 1.165) is 11.1 Å². The molecule has 0 aliphatic rings. The third kappa shape index (κ3) is 3.26. The van der Waals surface area contributed by atoms with E-state index in [0.29, 0.717) is 6.54 Å². The van der Waals surface area contributed by atoms with E-state index in [1.807, 2.05) is 26.0 Å². The first-order chi connectivity index (χ1) is 6.09. The Morgan fingerprint density at radius 3 is 2.69 bits per heavy atom. The van der Waals surface area contributed by atoms with Gasteiger partial charge >= 0.3 is 0 Å². The molecule has 0 spiro atoms. The van der Waals surface area contributed by atoms with Crippen LogP contribution in [0.3, 0.4) is 0 Å². The first-order valence-electron chi connectivity index (χ1n) is 4.00. The van der Waals surface area contributed by atoms with E-state index in [2.05, 4.69) is 10.8 Å². The molecule has 0 fully saturated rings. The van der Waals surface area contributed by atoms with Crippen molar-refractivity contribution >= 4 is 11.3 Å². The summed E-state index contributed by atoms with van der Waals surface area (Å²) in [5.41, 5.74) is 3.39. The number of nitrogens with one attached hydrogen (secondary N) is 1. The molecule has 13 heavy (non-hydrogen) atoms. The van der Waals surface area contributed by atoms with Gasteiger partial charge in [-0.15, -0.1) is 0 Å². The van der Waals surface area contributed by atoms with Gasteiger partial charge in [-0.1, -0.05) is 23.8 Å². The molecule has 2 N–H and O–H groups in total. The van der Waals surface area contributed by atoms with Gasteiger partial charge in [-0.2, -0.15) is 0 Å². The lowest BCUT2D eigenvalue weighted by Gasteiger charge is -2.05. The molecule has 1 atom stereocenters. The first kappa shape index (κ1) is 10.4. The standard InChI is InChI=1S/C9H13NO2S/c1-7-3-4-9(8(2)5-7)6-10-13(11)12/h3-5,10H,6H2,1-2H3,(H,11,12). The molecular formula is C9H13NO2S. The number of aryl methyl sites for hydroxylation is 2. The van der Waals surface area contributed by atoms with Gasteiger partial charge < -0.3 is 0 Å². The van der Waals surface area contributed by atoms with Crippen molar-refractivity contribution in [3.05, 3.63) is 34.9 Å². The van der Waals surface area contributed by atoms with Crippen LogP contribution in [0.4, 0.5) is 0 Å². The molecular weight excluding hydrogens is 186 g/mol. The summed E-state index contributed by atoms with van der Waals surface area (Å²) in [6.07, 6.45) is 0. The Kier molecular flexibility index (Phi) is 3.59. The van der Waals surface area contributed by atoms with Crippen molar-refractivity contribution < 1.29 is 8.76 Å². The molecule has 0 saturated carbocycles. The fourth-order valence-corrected chi connectivity index (χ4v) is 1.46. The van der Waals surface area contributed by atoms with Gasteiger partial charge in [0.15, 0.2) is 0 Å². The summed E-state index contributed by atoms with van der Waals surface area (Å²) in [6, 6.07) is 6.01. The molecule has 0 aliphatic carbocycles. The maximum absolute atomic E-state index is 10.4. The Bertz CT molecular complexity index is 325. The van der Waals surface area contributed by atoms with E-state index in [1.165, 1.54) is 5.56 Å². The minimum absolute atomic E-state index is 0.426. The van der Waals surface area contributed by atoms with Crippen molar-refractivity contribution in [2.24, 2.45) is 0 Å². The molecule has 0 aromatic heterocycles. The Morgan fingerprint density at radius 2 is 2.15 bits per heavy atom. The molecule has 0 amide bonds. The van der Waals surface area contributed by atoms with Gasteiger partial charge in [0.1, 0.15) is 0 Å². The second kappa shape index (κ2) is 4.50. The Hall–Kier alpha value is -0.710. The topological polar surface area (TPSA) is 49.3 Å². The molecule has 0 saturated heterocycles. The van der Waals surface area contributed by atoms with Crippen LogP contribution in [0, 0.1) is 13.8 Å². The second-order valence-corrected chi connectivity index (χ2v) is 3.79. The number of rotatable bonds is 3. The van der Waals surface area contributed by atoms with Crippen LogP contribution in [0.2, 0.25) is 0 Å². The van der Waals surface area contributed by atoms with Gasteiger partial charge in [0, 0.05) is 6.54 Å². The summed E-state index contributed by atoms with van der Waals surface area (Å²) in [5, 5.41) is 0. The fraction of sp³-hybridized carbons (Fsp3) is 0.333. The zero-order valence-corrected chi connectivity index (χ0v) is 8.52. The minimum atomic E-state index is -1.93. The van der Waals surface area contributed by atoms with E-state index in [4.69, 9.17) is 4.55 Å². The molecule has 0 radical (unpaired) electrons. The molecule has 0 aliphatic heterocycles. The van der Waals surface area contributed by atoms with Crippen molar-refractivity contribution in [2.75, 3.05) is 0 Å². The molecule has 1 unspecified atom stereocenters. The van der Waals surface area contributed by atoms with E-state index in [1.54, 1.807) is 0 Å². The zero-order chi connectivity index (χ0) is 9.84. The maximum atomic E-state index is 10.4. The molecule has 1 aromatic rings. The normalized spacial score (nSPS) is 12.8. The van der Waals surface area contributed by atoms with Crippen LogP contribution in [0.1, 0.15) is 16.7 Å². The summed E-state index contributed by atoms with van der Waals surface area (Å²) < 4.78 is 21.3. The number of hydrogen-bond acceptors (Lipinski definition) is 1. The molecule has 4 heteroatoms. The van der Waals surface area contributed by atoms with Crippen molar-refractivity contribution in [1.82, 2.24) is 4.72 Å². The molecule has 1 aromatic carbocycles. The summed E-state index contributed by atoms with van der Waals surface area (Å²) >= 11 is -1.93. The lowest BCUT2D eigenvalue weighted by Crippen LogP contribution is -2.15. The number of benzene rings is 1. The van der Waals surface area contributed by atoms with Crippen LogP contribution in [0.15, 0.2) is 18.2 Å². The predicted octanol–water partition coefficient (Wildman–Crippen LogP) is 1.53.